The number of nitrogens with two attached hydrogens (primary N) is 1. The molecule has 1 aliphatic heterocycles. The van der Waals surface area contributed by atoms with Crippen LogP contribution in [0.25, 0.3) is 10.9 Å². The lowest BCUT2D eigenvalue weighted by molar-refractivity contribution is -0.123. The smallest absolute Gasteiger partial charge is 0.256 e. The van der Waals surface area contributed by atoms with E-state index >= 15 is 0 Å². The van der Waals surface area contributed by atoms with Crippen LogP contribution < -0.4 is 5.73 Å². The predicted molar refractivity (Wildman–Crippen MR) is 91.5 cm³/mol. The van der Waals surface area contributed by atoms with Crippen molar-refractivity contribution in [2.24, 2.45) is 11.7 Å². The fraction of sp³-hybridized carbons (Fsp3) is 0.333. The second-order valence-corrected chi connectivity index (χ2v) is 7.19. The molecule has 0 atom stereocenters. The first-order chi connectivity index (χ1) is 10.5. The number of benzene rings is 1. The molecule has 0 unspecified atom stereocenters. The molecule has 0 radical (unpaired) electrons. The average molecular weight is 429 g/mol. The number of nitrogens with one attached hydrogen (secondary N) is 1. The van der Waals surface area contributed by atoms with E-state index in [1.165, 1.54) is 0 Å². The van der Waals surface area contributed by atoms with Gasteiger partial charge in [-0.15, -0.1) is 0 Å². The highest BCUT2D eigenvalue weighted by Gasteiger charge is 2.27. The molecule has 116 valence electrons. The van der Waals surface area contributed by atoms with Crippen LogP contribution in [-0.4, -0.2) is 34.8 Å². The molecule has 2 aromatic rings. The summed E-state index contributed by atoms with van der Waals surface area (Å²) < 4.78 is 1.84. The van der Waals surface area contributed by atoms with Crippen LogP contribution >= 0.6 is 31.9 Å². The van der Waals surface area contributed by atoms with Crippen LogP contribution in [0.4, 0.5) is 0 Å². The van der Waals surface area contributed by atoms with Gasteiger partial charge in [-0.25, -0.2) is 0 Å². The van der Waals surface area contributed by atoms with Gasteiger partial charge in [-0.2, -0.15) is 0 Å². The third-order valence-electron chi connectivity index (χ3n) is 4.14. The zero-order valence-electron chi connectivity index (χ0n) is 11.7. The molecule has 3 N–H and O–H groups in total. The average Bonchev–Trinajstić information content (AvgIpc) is 2.90. The number of carbonyl (C=O) groups is 2. The summed E-state index contributed by atoms with van der Waals surface area (Å²) in [4.78, 5) is 28.8. The minimum absolute atomic E-state index is 0.0107. The molecule has 0 saturated carbocycles. The Morgan fingerprint density at radius 1 is 1.18 bits per heavy atom. The van der Waals surface area contributed by atoms with Gasteiger partial charge in [0.1, 0.15) is 0 Å². The second kappa shape index (κ2) is 6.04. The first kappa shape index (κ1) is 15.6. The number of rotatable bonds is 2. The van der Waals surface area contributed by atoms with Crippen LogP contribution in [0.2, 0.25) is 0 Å². The standard InChI is InChI=1S/C15H15Br2N3O2/c16-11-5-9-10(7-19-13(9)6-12(11)17)15(22)20-3-1-8(2-4-20)14(18)21/h5-8,19H,1-4H2,(H2,18,21). The van der Waals surface area contributed by atoms with Crippen molar-refractivity contribution in [3.8, 4) is 0 Å². The number of hydrogen-bond donors (Lipinski definition) is 2. The zero-order valence-corrected chi connectivity index (χ0v) is 14.9. The molecule has 2 amide bonds. The number of primary amides is 1. The molecule has 1 aromatic heterocycles. The fourth-order valence-corrected chi connectivity index (χ4v) is 3.52. The summed E-state index contributed by atoms with van der Waals surface area (Å²) in [5.74, 6) is -0.395. The number of hydrogen-bond acceptors (Lipinski definition) is 2. The number of fused-ring (bicyclic) bond motifs is 1. The lowest BCUT2D eigenvalue weighted by atomic mass is 9.96. The van der Waals surface area contributed by atoms with Crippen LogP contribution in [0.1, 0.15) is 23.2 Å². The number of nitrogens with zero attached hydrogens (tertiary/aromatic N) is 1. The molecule has 1 aliphatic rings. The highest BCUT2D eigenvalue weighted by Crippen LogP contribution is 2.31. The SMILES string of the molecule is NC(=O)C1CCN(C(=O)c2c[nH]c3cc(Br)c(Br)cc23)CC1. The maximum Gasteiger partial charge on any atom is 0.256 e. The Morgan fingerprint density at radius 2 is 1.82 bits per heavy atom. The number of likely N-dealkylation sites (tertiary alicyclic amines) is 1. The van der Waals surface area contributed by atoms with Gasteiger partial charge in [0, 0.05) is 45.1 Å². The predicted octanol–water partition coefficient (Wildman–Crippen LogP) is 3.03. The largest absolute Gasteiger partial charge is 0.369 e. The van der Waals surface area contributed by atoms with E-state index in [0.29, 0.717) is 31.5 Å². The summed E-state index contributed by atoms with van der Waals surface area (Å²) in [6.45, 7) is 1.13. The van der Waals surface area contributed by atoms with Gasteiger partial charge in [0.25, 0.3) is 5.91 Å². The van der Waals surface area contributed by atoms with E-state index in [1.54, 1.807) is 11.1 Å². The van der Waals surface area contributed by atoms with Crippen LogP contribution in [0.15, 0.2) is 27.3 Å². The quantitative estimate of drug-likeness (QED) is 0.770. The van der Waals surface area contributed by atoms with Crippen molar-refractivity contribution in [3.05, 3.63) is 32.8 Å². The number of aromatic amines is 1. The van der Waals surface area contributed by atoms with Gasteiger partial charge in [-0.1, -0.05) is 0 Å². The van der Waals surface area contributed by atoms with Gasteiger partial charge in [0.05, 0.1) is 5.56 Å². The number of halogens is 2. The van der Waals surface area contributed by atoms with E-state index in [2.05, 4.69) is 36.8 Å². The molecule has 1 fully saturated rings. The summed E-state index contributed by atoms with van der Waals surface area (Å²) in [6.07, 6.45) is 3.02. The summed E-state index contributed by atoms with van der Waals surface area (Å²) >= 11 is 6.92. The Bertz CT molecular complexity index is 749. The number of carbonyl (C=O) groups excluding carboxylic acids is 2. The van der Waals surface area contributed by atoms with Gasteiger partial charge < -0.3 is 15.6 Å². The van der Waals surface area contributed by atoms with Crippen molar-refractivity contribution in [2.75, 3.05) is 13.1 Å². The Kier molecular flexibility index (Phi) is 4.27. The highest BCUT2D eigenvalue weighted by atomic mass is 79.9. The third kappa shape index (κ3) is 2.79. The second-order valence-electron chi connectivity index (χ2n) is 5.48. The van der Waals surface area contributed by atoms with E-state index in [-0.39, 0.29) is 17.7 Å². The topological polar surface area (TPSA) is 79.2 Å². The Labute approximate surface area is 144 Å². The van der Waals surface area contributed by atoms with Crippen molar-refractivity contribution in [3.63, 3.8) is 0 Å². The molecule has 3 rings (SSSR count). The van der Waals surface area contributed by atoms with Crippen LogP contribution in [-0.2, 0) is 4.79 Å². The van der Waals surface area contributed by atoms with Crippen LogP contribution in [0.3, 0.4) is 0 Å². The summed E-state index contributed by atoms with van der Waals surface area (Å²) in [5, 5.41) is 0.886. The minimum Gasteiger partial charge on any atom is -0.369 e. The summed E-state index contributed by atoms with van der Waals surface area (Å²) in [5.41, 5.74) is 6.89. The minimum atomic E-state index is -0.270. The molecule has 5 nitrogen and oxygen atoms in total. The van der Waals surface area contributed by atoms with Gasteiger partial charge in [-0.05, 0) is 56.8 Å². The first-order valence-corrected chi connectivity index (χ1v) is 8.60. The molecule has 0 bridgehead atoms. The molecule has 22 heavy (non-hydrogen) atoms. The number of piperidine rings is 1. The molecule has 1 aromatic carbocycles. The molecule has 0 aliphatic carbocycles. The van der Waals surface area contributed by atoms with Crippen molar-refractivity contribution in [1.82, 2.24) is 9.88 Å². The highest BCUT2D eigenvalue weighted by molar-refractivity contribution is 9.13. The zero-order chi connectivity index (χ0) is 15.9. The Morgan fingerprint density at radius 3 is 2.45 bits per heavy atom. The fourth-order valence-electron chi connectivity index (χ4n) is 2.83. The van der Waals surface area contributed by atoms with Crippen LogP contribution in [0.5, 0.6) is 0 Å². The van der Waals surface area contributed by atoms with Gasteiger partial charge >= 0.3 is 0 Å². The number of aromatic nitrogens is 1. The van der Waals surface area contributed by atoms with Gasteiger partial charge in [-0.3, -0.25) is 9.59 Å². The molecule has 7 heteroatoms. The summed E-state index contributed by atoms with van der Waals surface area (Å²) in [7, 11) is 0. The van der Waals surface area contributed by atoms with Crippen LogP contribution in [0, 0.1) is 5.92 Å². The summed E-state index contributed by atoms with van der Waals surface area (Å²) in [6, 6.07) is 3.87. The number of H-pyrrole nitrogens is 1. The first-order valence-electron chi connectivity index (χ1n) is 7.02. The van der Waals surface area contributed by atoms with E-state index in [0.717, 1.165) is 19.8 Å². The molecule has 0 spiro atoms. The van der Waals surface area contributed by atoms with Crippen molar-refractivity contribution >= 4 is 54.6 Å². The Balaban J connectivity index is 1.84. The maximum atomic E-state index is 12.7. The van der Waals surface area contributed by atoms with E-state index < -0.39 is 0 Å². The monoisotopic (exact) mass is 427 g/mol. The third-order valence-corrected chi connectivity index (χ3v) is 5.98. The van der Waals surface area contributed by atoms with E-state index in [4.69, 9.17) is 5.73 Å². The van der Waals surface area contributed by atoms with Crippen molar-refractivity contribution in [2.45, 2.75) is 12.8 Å². The van der Waals surface area contributed by atoms with E-state index in [9.17, 15) is 9.59 Å². The lowest BCUT2D eigenvalue weighted by Gasteiger charge is -2.30. The molecular weight excluding hydrogens is 414 g/mol. The Hall–Kier alpha value is -1.34. The molecular formula is C15H15Br2N3O2. The van der Waals surface area contributed by atoms with Gasteiger partial charge in [0.15, 0.2) is 0 Å². The van der Waals surface area contributed by atoms with Crippen molar-refractivity contribution < 1.29 is 9.59 Å². The van der Waals surface area contributed by atoms with Crippen molar-refractivity contribution in [1.29, 1.82) is 0 Å². The number of amides is 2. The molecule has 1 saturated heterocycles. The lowest BCUT2D eigenvalue weighted by Crippen LogP contribution is -2.41. The van der Waals surface area contributed by atoms with Gasteiger partial charge in [0.2, 0.25) is 5.91 Å². The molecule has 2 heterocycles. The normalized spacial score (nSPS) is 16.2. The maximum absolute atomic E-state index is 12.7. The van der Waals surface area contributed by atoms with E-state index in [1.807, 2.05) is 12.1 Å².